The van der Waals surface area contributed by atoms with Gasteiger partial charge in [0.05, 0.1) is 23.4 Å². The van der Waals surface area contributed by atoms with Crippen molar-refractivity contribution < 1.29 is 26.0 Å². The van der Waals surface area contributed by atoms with E-state index in [2.05, 4.69) is 5.10 Å². The molecule has 0 unspecified atom stereocenters. The molecule has 4 aromatic rings. The van der Waals surface area contributed by atoms with Gasteiger partial charge in [0, 0.05) is 39.3 Å². The molecule has 0 spiro atoms. The Kier molecular flexibility index (Phi) is 9.73. The molecule has 3 heterocycles. The molecule has 14 heteroatoms. The maximum Gasteiger partial charge on any atom is 0.316 e. The van der Waals surface area contributed by atoms with Gasteiger partial charge in [-0.2, -0.15) is 14.1 Å². The number of anilines is 1. The Labute approximate surface area is 273 Å². The molecule has 0 amide bonds. The Hall–Kier alpha value is -4.11. The number of benzene rings is 3. The molecular weight excluding hydrogens is 646 g/mol. The minimum atomic E-state index is -3.56. The maximum absolute atomic E-state index is 13.9. The normalized spacial score (nSPS) is 17.1. The lowest BCUT2D eigenvalue weighted by Crippen LogP contribution is -2.49. The van der Waals surface area contributed by atoms with Crippen LogP contribution in [0.15, 0.2) is 95.9 Å². The van der Waals surface area contributed by atoms with Gasteiger partial charge in [0.2, 0.25) is 25.8 Å². The highest BCUT2D eigenvalue weighted by Gasteiger charge is 2.33. The Bertz CT molecular complexity index is 1940. The van der Waals surface area contributed by atoms with E-state index in [9.17, 15) is 26.0 Å². The molecule has 2 saturated heterocycles. The number of nitrogens with zero attached hydrogens (tertiary/aromatic N) is 5. The van der Waals surface area contributed by atoms with Gasteiger partial charge in [-0.1, -0.05) is 60.7 Å². The van der Waals surface area contributed by atoms with E-state index in [-0.39, 0.29) is 43.4 Å². The van der Waals surface area contributed by atoms with Crippen molar-refractivity contribution in [2.75, 3.05) is 44.2 Å². The van der Waals surface area contributed by atoms with Gasteiger partial charge in [0.1, 0.15) is 17.6 Å². The molecule has 0 bridgehead atoms. The van der Waals surface area contributed by atoms with Gasteiger partial charge in [0.15, 0.2) is 0 Å². The zero-order valence-electron chi connectivity index (χ0n) is 25.7. The molecule has 47 heavy (non-hydrogen) atoms. The standard InChI is InChI=1S/C33H36FN5O6S2/c34-28-11-13-29(14-12-28)39-33(40)32(45-30-15-17-37(18-16-30)46(41,42)24-26-7-3-1-4-8-26)31(23-35-39)36-19-21-38(22-20-36)47(43,44)25-27-9-5-2-6-10-27/h1-14,23,30H,15-22,24-25H2. The number of ether oxygens (including phenoxy) is 1. The van der Waals surface area contributed by atoms with Crippen LogP contribution >= 0.6 is 0 Å². The zero-order chi connectivity index (χ0) is 33.0. The van der Waals surface area contributed by atoms with Crippen molar-refractivity contribution in [3.8, 4) is 11.4 Å². The fourth-order valence-corrected chi connectivity index (χ4v) is 8.97. The first-order chi connectivity index (χ1) is 22.6. The minimum absolute atomic E-state index is 0.0375. The number of rotatable bonds is 10. The molecule has 2 aliphatic rings. The predicted molar refractivity (Wildman–Crippen MR) is 177 cm³/mol. The highest BCUT2D eigenvalue weighted by molar-refractivity contribution is 7.88. The van der Waals surface area contributed by atoms with Crippen LogP contribution in [0.2, 0.25) is 0 Å². The summed E-state index contributed by atoms with van der Waals surface area (Å²) in [6.07, 6.45) is 1.81. The van der Waals surface area contributed by atoms with Crippen molar-refractivity contribution in [2.24, 2.45) is 0 Å². The van der Waals surface area contributed by atoms with Crippen molar-refractivity contribution in [1.82, 2.24) is 18.4 Å². The summed E-state index contributed by atoms with van der Waals surface area (Å²) < 4.78 is 76.6. The van der Waals surface area contributed by atoms with E-state index in [1.807, 2.05) is 17.0 Å². The molecule has 1 aromatic heterocycles. The van der Waals surface area contributed by atoms with Crippen LogP contribution in [0.3, 0.4) is 0 Å². The summed E-state index contributed by atoms with van der Waals surface area (Å²) in [7, 11) is -7.10. The van der Waals surface area contributed by atoms with Crippen LogP contribution < -0.4 is 15.2 Å². The maximum atomic E-state index is 13.9. The number of piperazine rings is 1. The first-order valence-corrected chi connectivity index (χ1v) is 18.6. The first-order valence-electron chi connectivity index (χ1n) is 15.4. The number of hydrogen-bond donors (Lipinski definition) is 0. The van der Waals surface area contributed by atoms with Crippen LogP contribution in [-0.2, 0) is 31.6 Å². The second-order valence-corrected chi connectivity index (χ2v) is 15.6. The highest BCUT2D eigenvalue weighted by atomic mass is 32.2. The second-order valence-electron chi connectivity index (χ2n) is 11.6. The number of hydrogen-bond acceptors (Lipinski definition) is 8. The number of sulfonamides is 2. The van der Waals surface area contributed by atoms with E-state index in [1.165, 1.54) is 39.1 Å². The topological polar surface area (TPSA) is 122 Å². The molecule has 248 valence electrons. The van der Waals surface area contributed by atoms with Crippen molar-refractivity contribution in [3.05, 3.63) is 118 Å². The molecule has 0 aliphatic carbocycles. The molecular formula is C33H36FN5O6S2. The van der Waals surface area contributed by atoms with Gasteiger partial charge in [-0.15, -0.1) is 0 Å². The summed E-state index contributed by atoms with van der Waals surface area (Å²) in [4.78, 5) is 15.8. The van der Waals surface area contributed by atoms with E-state index in [0.717, 1.165) is 4.68 Å². The zero-order valence-corrected chi connectivity index (χ0v) is 27.3. The molecule has 6 rings (SSSR count). The Morgan fingerprint density at radius 2 is 1.21 bits per heavy atom. The van der Waals surface area contributed by atoms with Gasteiger partial charge < -0.3 is 9.64 Å². The van der Waals surface area contributed by atoms with E-state index >= 15 is 0 Å². The van der Waals surface area contributed by atoms with Crippen molar-refractivity contribution in [2.45, 2.75) is 30.5 Å². The highest BCUT2D eigenvalue weighted by Crippen LogP contribution is 2.30. The van der Waals surface area contributed by atoms with Crippen molar-refractivity contribution in [3.63, 3.8) is 0 Å². The van der Waals surface area contributed by atoms with Crippen LogP contribution in [-0.4, -0.2) is 80.6 Å². The van der Waals surface area contributed by atoms with Gasteiger partial charge >= 0.3 is 5.56 Å². The van der Waals surface area contributed by atoms with E-state index in [1.54, 1.807) is 48.5 Å². The van der Waals surface area contributed by atoms with Gasteiger partial charge in [0.25, 0.3) is 0 Å². The fourth-order valence-electron chi connectivity index (χ4n) is 5.89. The molecule has 0 N–H and O–H groups in total. The Morgan fingerprint density at radius 3 is 1.74 bits per heavy atom. The lowest BCUT2D eigenvalue weighted by molar-refractivity contribution is 0.133. The number of piperidine rings is 1. The van der Waals surface area contributed by atoms with Crippen LogP contribution in [0.5, 0.6) is 5.75 Å². The van der Waals surface area contributed by atoms with Gasteiger partial charge in [-0.25, -0.2) is 25.5 Å². The molecule has 0 atom stereocenters. The predicted octanol–water partition coefficient (Wildman–Crippen LogP) is 3.40. The van der Waals surface area contributed by atoms with Crippen molar-refractivity contribution >= 4 is 25.7 Å². The van der Waals surface area contributed by atoms with Gasteiger partial charge in [-0.05, 0) is 48.2 Å². The Morgan fingerprint density at radius 1 is 0.702 bits per heavy atom. The minimum Gasteiger partial charge on any atom is -0.483 e. The van der Waals surface area contributed by atoms with E-state index < -0.39 is 37.5 Å². The quantitative estimate of drug-likeness (QED) is 0.250. The molecule has 2 aliphatic heterocycles. The molecule has 0 saturated carbocycles. The smallest absolute Gasteiger partial charge is 0.316 e. The average molecular weight is 682 g/mol. The van der Waals surface area contributed by atoms with Crippen LogP contribution in [0.4, 0.5) is 10.1 Å². The summed E-state index contributed by atoms with van der Waals surface area (Å²) in [5.41, 5.74) is 1.64. The van der Waals surface area contributed by atoms with E-state index in [0.29, 0.717) is 48.4 Å². The SMILES string of the molecule is O=c1c(OC2CCN(S(=O)(=O)Cc3ccccc3)CC2)c(N2CCN(S(=O)(=O)Cc3ccccc3)CC2)cnn1-c1ccc(F)cc1. The second kappa shape index (κ2) is 13.9. The van der Waals surface area contributed by atoms with Crippen molar-refractivity contribution in [1.29, 1.82) is 0 Å². The van der Waals surface area contributed by atoms with Gasteiger partial charge in [-0.3, -0.25) is 4.79 Å². The summed E-state index contributed by atoms with van der Waals surface area (Å²) in [6, 6.07) is 23.4. The average Bonchev–Trinajstić information content (AvgIpc) is 3.07. The lowest BCUT2D eigenvalue weighted by atomic mass is 10.1. The Balaban J connectivity index is 1.19. The number of aromatic nitrogens is 2. The largest absolute Gasteiger partial charge is 0.483 e. The molecule has 11 nitrogen and oxygen atoms in total. The lowest BCUT2D eigenvalue weighted by Gasteiger charge is -2.36. The third-order valence-electron chi connectivity index (χ3n) is 8.42. The summed E-state index contributed by atoms with van der Waals surface area (Å²) in [5.74, 6) is -0.611. The number of halogens is 1. The monoisotopic (exact) mass is 681 g/mol. The summed E-state index contributed by atoms with van der Waals surface area (Å²) >= 11 is 0. The summed E-state index contributed by atoms with van der Waals surface area (Å²) in [5, 5.41) is 4.36. The summed E-state index contributed by atoms with van der Waals surface area (Å²) in [6.45, 7) is 1.53. The van der Waals surface area contributed by atoms with Crippen LogP contribution in [0, 0.1) is 5.82 Å². The van der Waals surface area contributed by atoms with Crippen LogP contribution in [0.1, 0.15) is 24.0 Å². The molecule has 0 radical (unpaired) electrons. The third-order valence-corrected chi connectivity index (χ3v) is 12.1. The van der Waals surface area contributed by atoms with E-state index in [4.69, 9.17) is 4.74 Å². The molecule has 3 aromatic carbocycles. The fraction of sp³-hybridized carbons (Fsp3) is 0.333. The third kappa shape index (κ3) is 7.73. The molecule has 2 fully saturated rings. The van der Waals surface area contributed by atoms with Crippen LogP contribution in [0.25, 0.3) is 5.69 Å². The first kappa shape index (κ1) is 32.8.